The predicted molar refractivity (Wildman–Crippen MR) is 215 cm³/mol. The molecule has 0 atom stereocenters. The SMILES string of the molecule is C=C1/C=C\C=C(\N(c2ccc(C)cc2)c2ccc(-c3ccc(-n4c5ccc(C)cc5c5cc(C)ccc54)cc3)cc2)C(C)(C)c2ccccc21. The van der Waals surface area contributed by atoms with Gasteiger partial charge in [0.2, 0.25) is 0 Å². The van der Waals surface area contributed by atoms with Gasteiger partial charge in [-0.3, -0.25) is 0 Å². The molecule has 0 bridgehead atoms. The van der Waals surface area contributed by atoms with Crippen molar-refractivity contribution in [3.8, 4) is 16.8 Å². The van der Waals surface area contributed by atoms with Crippen LogP contribution in [0.25, 0.3) is 44.2 Å². The average Bonchev–Trinajstić information content (AvgIpc) is 3.44. The van der Waals surface area contributed by atoms with E-state index in [9.17, 15) is 0 Å². The molecule has 0 saturated carbocycles. The standard InChI is InChI=1S/C48H42N2/c1-32-14-22-38(23-15-32)49(47-13-9-10-35(4)41-11-7-8-12-44(41)48(47,5)6)39-24-18-36(19-25-39)37-20-26-40(27-21-37)50-45-28-16-33(2)30-42(45)43-31-34(3)17-29-46(43)50/h7-31H,4H2,1-3,5-6H3/b10-9-,47-13+. The van der Waals surface area contributed by atoms with Crippen molar-refractivity contribution in [2.75, 3.05) is 4.90 Å². The van der Waals surface area contributed by atoms with E-state index in [1.807, 2.05) is 0 Å². The number of hydrogen-bond acceptors (Lipinski definition) is 1. The first kappa shape index (κ1) is 31.4. The molecule has 2 heteroatoms. The summed E-state index contributed by atoms with van der Waals surface area (Å²) in [5.41, 5.74) is 16.4. The zero-order chi connectivity index (χ0) is 34.6. The van der Waals surface area contributed by atoms with Gasteiger partial charge in [-0.25, -0.2) is 0 Å². The summed E-state index contributed by atoms with van der Waals surface area (Å²) in [6.07, 6.45) is 6.52. The van der Waals surface area contributed by atoms with E-state index in [4.69, 9.17) is 0 Å². The molecule has 8 rings (SSSR count). The highest BCUT2D eigenvalue weighted by atomic mass is 15.2. The van der Waals surface area contributed by atoms with E-state index in [0.717, 1.165) is 22.6 Å². The van der Waals surface area contributed by atoms with Gasteiger partial charge in [0.1, 0.15) is 0 Å². The van der Waals surface area contributed by atoms with Crippen LogP contribution in [0.2, 0.25) is 0 Å². The molecule has 244 valence electrons. The number of aryl methyl sites for hydroxylation is 3. The van der Waals surface area contributed by atoms with Crippen LogP contribution >= 0.6 is 0 Å². The zero-order valence-electron chi connectivity index (χ0n) is 29.5. The fourth-order valence-corrected chi connectivity index (χ4v) is 7.61. The van der Waals surface area contributed by atoms with Gasteiger partial charge in [-0.1, -0.05) is 122 Å². The largest absolute Gasteiger partial charge is 0.313 e. The Kier molecular flexibility index (Phi) is 7.68. The second kappa shape index (κ2) is 12.2. The number of aromatic nitrogens is 1. The fourth-order valence-electron chi connectivity index (χ4n) is 7.61. The minimum absolute atomic E-state index is 0.298. The lowest BCUT2D eigenvalue weighted by atomic mass is 9.75. The second-order valence-corrected chi connectivity index (χ2v) is 14.2. The maximum absolute atomic E-state index is 4.38. The Morgan fingerprint density at radius 3 is 1.70 bits per heavy atom. The lowest BCUT2D eigenvalue weighted by Gasteiger charge is -2.39. The Balaban J connectivity index is 1.18. The van der Waals surface area contributed by atoms with E-state index in [-0.39, 0.29) is 5.41 Å². The van der Waals surface area contributed by atoms with Crippen molar-refractivity contribution in [1.29, 1.82) is 0 Å². The van der Waals surface area contributed by atoms with Crippen molar-refractivity contribution in [2.45, 2.75) is 40.0 Å². The number of anilines is 2. The average molecular weight is 647 g/mol. The number of benzene rings is 6. The lowest BCUT2D eigenvalue weighted by Crippen LogP contribution is -2.33. The summed E-state index contributed by atoms with van der Waals surface area (Å²) in [5, 5.41) is 2.60. The molecule has 0 saturated heterocycles. The molecule has 0 fully saturated rings. The van der Waals surface area contributed by atoms with Crippen LogP contribution in [-0.2, 0) is 5.41 Å². The van der Waals surface area contributed by atoms with Gasteiger partial charge in [0.25, 0.3) is 0 Å². The third-order valence-corrected chi connectivity index (χ3v) is 10.3. The van der Waals surface area contributed by atoms with E-state index >= 15 is 0 Å². The van der Waals surface area contributed by atoms with Crippen LogP contribution in [0, 0.1) is 20.8 Å². The summed E-state index contributed by atoms with van der Waals surface area (Å²) < 4.78 is 2.39. The Hall–Kier alpha value is -5.86. The Labute approximate surface area is 296 Å². The Morgan fingerprint density at radius 1 is 0.580 bits per heavy atom. The topological polar surface area (TPSA) is 8.17 Å². The van der Waals surface area contributed by atoms with Crippen molar-refractivity contribution in [1.82, 2.24) is 4.57 Å². The van der Waals surface area contributed by atoms with E-state index in [1.54, 1.807) is 0 Å². The van der Waals surface area contributed by atoms with Crippen LogP contribution in [0.4, 0.5) is 11.4 Å². The normalized spacial score (nSPS) is 15.6. The summed E-state index contributed by atoms with van der Waals surface area (Å²) in [6.45, 7) is 15.5. The summed E-state index contributed by atoms with van der Waals surface area (Å²) in [6, 6.07) is 49.1. The summed E-state index contributed by atoms with van der Waals surface area (Å²) in [4.78, 5) is 2.41. The molecule has 0 amide bonds. The molecule has 0 unspecified atom stereocenters. The van der Waals surface area contributed by atoms with Gasteiger partial charge in [-0.05, 0) is 115 Å². The van der Waals surface area contributed by atoms with Gasteiger partial charge in [-0.2, -0.15) is 0 Å². The molecule has 1 aliphatic carbocycles. The quantitative estimate of drug-likeness (QED) is 0.181. The van der Waals surface area contributed by atoms with Gasteiger partial charge in [0, 0.05) is 38.9 Å². The maximum atomic E-state index is 4.38. The van der Waals surface area contributed by atoms with Crippen molar-refractivity contribution in [3.63, 3.8) is 0 Å². The zero-order valence-corrected chi connectivity index (χ0v) is 29.5. The second-order valence-electron chi connectivity index (χ2n) is 14.2. The van der Waals surface area contributed by atoms with Crippen molar-refractivity contribution in [3.05, 3.63) is 192 Å². The summed E-state index contributed by atoms with van der Waals surface area (Å²) in [7, 11) is 0. The van der Waals surface area contributed by atoms with Crippen LogP contribution in [0.1, 0.15) is 41.7 Å². The molecule has 6 aromatic carbocycles. The molecular formula is C48H42N2. The molecule has 50 heavy (non-hydrogen) atoms. The van der Waals surface area contributed by atoms with E-state index < -0.39 is 0 Å². The molecule has 7 aromatic rings. The van der Waals surface area contributed by atoms with Gasteiger partial charge >= 0.3 is 0 Å². The smallest absolute Gasteiger partial charge is 0.0541 e. The van der Waals surface area contributed by atoms with Crippen molar-refractivity contribution >= 4 is 38.8 Å². The van der Waals surface area contributed by atoms with Gasteiger partial charge in [0.15, 0.2) is 0 Å². The van der Waals surface area contributed by atoms with Gasteiger partial charge in [-0.15, -0.1) is 0 Å². The molecule has 1 aromatic heterocycles. The summed E-state index contributed by atoms with van der Waals surface area (Å²) in [5.74, 6) is 0. The highest BCUT2D eigenvalue weighted by Crippen LogP contribution is 2.44. The van der Waals surface area contributed by atoms with Gasteiger partial charge in [0.05, 0.1) is 11.0 Å². The number of rotatable bonds is 5. The highest BCUT2D eigenvalue weighted by Gasteiger charge is 2.33. The minimum Gasteiger partial charge on any atom is -0.313 e. The minimum atomic E-state index is -0.298. The monoisotopic (exact) mass is 646 g/mol. The van der Waals surface area contributed by atoms with Crippen molar-refractivity contribution in [2.24, 2.45) is 0 Å². The molecule has 1 aliphatic rings. The molecule has 0 aliphatic heterocycles. The molecule has 0 radical (unpaired) electrons. The third-order valence-electron chi connectivity index (χ3n) is 10.3. The molecule has 2 nitrogen and oxygen atoms in total. The number of nitrogens with zero attached hydrogens (tertiary/aromatic N) is 2. The summed E-state index contributed by atoms with van der Waals surface area (Å²) >= 11 is 0. The molecule has 0 spiro atoms. The van der Waals surface area contributed by atoms with Crippen LogP contribution in [-0.4, -0.2) is 4.57 Å². The number of fused-ring (bicyclic) bond motifs is 4. The van der Waals surface area contributed by atoms with Crippen LogP contribution in [0.5, 0.6) is 0 Å². The first-order chi connectivity index (χ1) is 24.2. The van der Waals surface area contributed by atoms with E-state index in [1.165, 1.54) is 66.4 Å². The first-order valence-corrected chi connectivity index (χ1v) is 17.5. The van der Waals surface area contributed by atoms with Gasteiger partial charge < -0.3 is 9.47 Å². The Bertz CT molecular complexity index is 2410. The Morgan fingerprint density at radius 2 is 1.10 bits per heavy atom. The fraction of sp³-hybridized carbons (Fsp3) is 0.125. The number of allylic oxidation sites excluding steroid dienone is 5. The molecule has 0 N–H and O–H groups in total. The van der Waals surface area contributed by atoms with Crippen molar-refractivity contribution < 1.29 is 0 Å². The maximum Gasteiger partial charge on any atom is 0.0541 e. The number of hydrogen-bond donors (Lipinski definition) is 0. The first-order valence-electron chi connectivity index (χ1n) is 17.5. The van der Waals surface area contributed by atoms with Crippen LogP contribution in [0.15, 0.2) is 164 Å². The van der Waals surface area contributed by atoms with Crippen LogP contribution in [0.3, 0.4) is 0 Å². The third kappa shape index (κ3) is 5.38. The molecular weight excluding hydrogens is 605 g/mol. The predicted octanol–water partition coefficient (Wildman–Crippen LogP) is 13.0. The molecule has 1 heterocycles. The van der Waals surface area contributed by atoms with Crippen LogP contribution < -0.4 is 4.90 Å². The van der Waals surface area contributed by atoms with E-state index in [2.05, 4.69) is 202 Å². The lowest BCUT2D eigenvalue weighted by molar-refractivity contribution is 0.608. The highest BCUT2D eigenvalue weighted by molar-refractivity contribution is 6.09. The van der Waals surface area contributed by atoms with E-state index in [0.29, 0.717) is 0 Å².